The van der Waals surface area contributed by atoms with E-state index in [0.717, 1.165) is 10.5 Å². The van der Waals surface area contributed by atoms with Crippen LogP contribution in [-0.2, 0) is 14.8 Å². The van der Waals surface area contributed by atoms with Gasteiger partial charge in [0.15, 0.2) is 6.61 Å². The molecule has 32 heavy (non-hydrogen) atoms. The molecule has 1 amide bonds. The van der Waals surface area contributed by atoms with Crippen LogP contribution in [-0.4, -0.2) is 27.2 Å². The molecule has 6 nitrogen and oxygen atoms in total. The predicted molar refractivity (Wildman–Crippen MR) is 129 cm³/mol. The highest BCUT2D eigenvalue weighted by Gasteiger charge is 2.20. The zero-order valence-corrected chi connectivity index (χ0v) is 19.9. The molecule has 0 radical (unpaired) electrons. The van der Waals surface area contributed by atoms with Crippen molar-refractivity contribution in [2.24, 2.45) is 0 Å². The number of carbonyl (C=O) groups is 1. The molecule has 0 heterocycles. The van der Waals surface area contributed by atoms with Crippen molar-refractivity contribution in [3.05, 3.63) is 83.4 Å². The average Bonchev–Trinajstić information content (AvgIpc) is 2.79. The number of sulfonamides is 1. The summed E-state index contributed by atoms with van der Waals surface area (Å²) in [6.45, 7) is 1.50. The summed E-state index contributed by atoms with van der Waals surface area (Å²) in [5, 5.41) is 2.89. The lowest BCUT2D eigenvalue weighted by atomic mass is 10.1. The van der Waals surface area contributed by atoms with Crippen molar-refractivity contribution >= 4 is 45.0 Å². The van der Waals surface area contributed by atoms with Gasteiger partial charge in [-0.05, 0) is 49.1 Å². The van der Waals surface area contributed by atoms with Crippen LogP contribution < -0.4 is 14.8 Å². The molecule has 168 valence electrons. The van der Waals surface area contributed by atoms with Gasteiger partial charge < -0.3 is 10.1 Å². The fourth-order valence-electron chi connectivity index (χ4n) is 2.95. The lowest BCUT2D eigenvalue weighted by molar-refractivity contribution is -0.118. The molecule has 3 aromatic carbocycles. The zero-order valence-electron chi connectivity index (χ0n) is 17.5. The Balaban J connectivity index is 1.63. The van der Waals surface area contributed by atoms with Crippen LogP contribution in [0.2, 0.25) is 5.02 Å². The molecule has 3 aromatic rings. The Labute approximate surface area is 197 Å². The number of para-hydroxylation sites is 1. The van der Waals surface area contributed by atoms with Gasteiger partial charge in [-0.25, -0.2) is 13.1 Å². The number of hydrogen-bond acceptors (Lipinski definition) is 5. The van der Waals surface area contributed by atoms with Crippen LogP contribution in [0.4, 0.5) is 5.69 Å². The maximum absolute atomic E-state index is 12.7. The summed E-state index contributed by atoms with van der Waals surface area (Å²) in [5.41, 5.74) is 1.54. The van der Waals surface area contributed by atoms with Crippen molar-refractivity contribution in [3.8, 4) is 5.75 Å². The second kappa shape index (κ2) is 10.9. The fraction of sp³-hybridized carbons (Fsp3) is 0.174. The third-order valence-corrected chi connectivity index (χ3v) is 7.21. The van der Waals surface area contributed by atoms with Gasteiger partial charge in [0.1, 0.15) is 5.75 Å². The summed E-state index contributed by atoms with van der Waals surface area (Å²) in [7, 11) is -3.80. The van der Waals surface area contributed by atoms with Crippen LogP contribution in [0.25, 0.3) is 0 Å². The van der Waals surface area contributed by atoms with E-state index in [-0.39, 0.29) is 28.2 Å². The first-order chi connectivity index (χ1) is 15.3. The van der Waals surface area contributed by atoms with Gasteiger partial charge in [-0.3, -0.25) is 4.79 Å². The van der Waals surface area contributed by atoms with Gasteiger partial charge in [0.25, 0.3) is 5.91 Å². The number of carbonyl (C=O) groups excluding carboxylic acids is 1. The largest absolute Gasteiger partial charge is 0.482 e. The van der Waals surface area contributed by atoms with Crippen molar-refractivity contribution in [1.29, 1.82) is 0 Å². The molecule has 3 rings (SSSR count). The van der Waals surface area contributed by atoms with Crippen molar-refractivity contribution in [1.82, 2.24) is 4.72 Å². The minimum Gasteiger partial charge on any atom is -0.482 e. The number of amides is 1. The number of halogens is 1. The topological polar surface area (TPSA) is 84.5 Å². The normalized spacial score (nSPS) is 12.2. The van der Waals surface area contributed by atoms with Crippen molar-refractivity contribution in [2.75, 3.05) is 18.2 Å². The Kier molecular flexibility index (Phi) is 8.20. The molecular formula is C23H23ClN2O4S2. The van der Waals surface area contributed by atoms with E-state index in [0.29, 0.717) is 5.69 Å². The van der Waals surface area contributed by atoms with Crippen LogP contribution in [0.3, 0.4) is 0 Å². The van der Waals surface area contributed by atoms with Crippen molar-refractivity contribution in [2.45, 2.75) is 22.8 Å². The van der Waals surface area contributed by atoms with E-state index in [1.54, 1.807) is 13.0 Å². The average molecular weight is 491 g/mol. The molecule has 0 spiro atoms. The van der Waals surface area contributed by atoms with Crippen LogP contribution in [0, 0.1) is 0 Å². The number of anilines is 1. The van der Waals surface area contributed by atoms with E-state index in [4.69, 9.17) is 16.3 Å². The van der Waals surface area contributed by atoms with Gasteiger partial charge in [-0.15, -0.1) is 11.8 Å². The minimum atomic E-state index is -3.80. The van der Waals surface area contributed by atoms with Gasteiger partial charge >= 0.3 is 0 Å². The second-order valence-corrected chi connectivity index (χ2v) is 9.85. The summed E-state index contributed by atoms with van der Waals surface area (Å²) in [5.74, 6) is -0.132. The third kappa shape index (κ3) is 6.26. The van der Waals surface area contributed by atoms with E-state index in [9.17, 15) is 13.2 Å². The van der Waals surface area contributed by atoms with Gasteiger partial charge in [0.05, 0.1) is 15.6 Å². The molecule has 9 heteroatoms. The molecule has 0 fully saturated rings. The number of rotatable bonds is 9. The van der Waals surface area contributed by atoms with Gasteiger partial charge in [-0.2, -0.15) is 0 Å². The number of nitrogens with one attached hydrogen (secondary N) is 2. The van der Waals surface area contributed by atoms with Gasteiger partial charge in [0, 0.05) is 10.9 Å². The fourth-order valence-corrected chi connectivity index (χ4v) is 5.07. The summed E-state index contributed by atoms with van der Waals surface area (Å²) in [6.07, 6.45) is 1.92. The monoisotopic (exact) mass is 490 g/mol. The lowest BCUT2D eigenvalue weighted by Crippen LogP contribution is -2.27. The van der Waals surface area contributed by atoms with E-state index in [1.165, 1.54) is 30.0 Å². The number of benzene rings is 3. The molecule has 0 aliphatic carbocycles. The Morgan fingerprint density at radius 3 is 2.44 bits per heavy atom. The maximum Gasteiger partial charge on any atom is 0.262 e. The van der Waals surface area contributed by atoms with E-state index >= 15 is 0 Å². The van der Waals surface area contributed by atoms with E-state index in [2.05, 4.69) is 10.0 Å². The van der Waals surface area contributed by atoms with Gasteiger partial charge in [0.2, 0.25) is 10.0 Å². The van der Waals surface area contributed by atoms with Crippen LogP contribution in [0.15, 0.2) is 82.6 Å². The Hall–Kier alpha value is -2.52. The van der Waals surface area contributed by atoms with E-state index < -0.39 is 16.1 Å². The summed E-state index contributed by atoms with van der Waals surface area (Å²) in [6, 6.07) is 20.4. The van der Waals surface area contributed by atoms with Crippen molar-refractivity contribution < 1.29 is 17.9 Å². The highest BCUT2D eigenvalue weighted by molar-refractivity contribution is 7.98. The minimum absolute atomic E-state index is 0.0102. The second-order valence-electron chi connectivity index (χ2n) is 6.88. The molecule has 2 N–H and O–H groups in total. The zero-order chi connectivity index (χ0) is 23.1. The molecule has 0 bridgehead atoms. The highest BCUT2D eigenvalue weighted by Crippen LogP contribution is 2.29. The third-order valence-electron chi connectivity index (χ3n) is 4.58. The maximum atomic E-state index is 12.7. The number of thioether (sulfide) groups is 1. The first-order valence-electron chi connectivity index (χ1n) is 9.72. The van der Waals surface area contributed by atoms with Gasteiger partial charge in [-0.1, -0.05) is 54.1 Å². The lowest BCUT2D eigenvalue weighted by Gasteiger charge is -2.15. The number of hydrogen-bond donors (Lipinski definition) is 2. The Morgan fingerprint density at radius 1 is 1.06 bits per heavy atom. The molecule has 0 aliphatic rings. The molecule has 0 aliphatic heterocycles. The summed E-state index contributed by atoms with van der Waals surface area (Å²) >= 11 is 7.75. The smallest absolute Gasteiger partial charge is 0.262 e. The highest BCUT2D eigenvalue weighted by atomic mass is 35.5. The summed E-state index contributed by atoms with van der Waals surface area (Å²) in [4.78, 5) is 13.2. The van der Waals surface area contributed by atoms with Crippen LogP contribution in [0.5, 0.6) is 5.75 Å². The summed E-state index contributed by atoms with van der Waals surface area (Å²) < 4.78 is 33.6. The SMILES string of the molecule is CSc1ccccc1NC(=O)COc1ccc(S(=O)(=O)N[C@H](C)c2ccccc2)cc1Cl. The number of ether oxygens (including phenoxy) is 1. The standard InChI is InChI=1S/C23H23ClN2O4S2/c1-16(17-8-4-3-5-9-17)26-32(28,29)18-12-13-21(19(24)14-18)30-15-23(27)25-20-10-6-7-11-22(20)31-2/h3-14,16,26H,15H2,1-2H3,(H,25,27)/t16-/m1/s1. The first kappa shape index (κ1) is 24.1. The first-order valence-corrected chi connectivity index (χ1v) is 12.8. The van der Waals surface area contributed by atoms with Crippen LogP contribution in [0.1, 0.15) is 18.5 Å². The van der Waals surface area contributed by atoms with E-state index in [1.807, 2.05) is 54.8 Å². The molecule has 1 atom stereocenters. The Morgan fingerprint density at radius 2 is 1.75 bits per heavy atom. The molecule has 0 unspecified atom stereocenters. The molecule has 0 saturated carbocycles. The Bertz CT molecular complexity index is 1190. The molecule has 0 aromatic heterocycles. The molecule has 0 saturated heterocycles. The predicted octanol–water partition coefficient (Wildman–Crippen LogP) is 5.12. The molecular weight excluding hydrogens is 468 g/mol. The van der Waals surface area contributed by atoms with Crippen molar-refractivity contribution in [3.63, 3.8) is 0 Å². The quantitative estimate of drug-likeness (QED) is 0.407. The van der Waals surface area contributed by atoms with Crippen LogP contribution >= 0.6 is 23.4 Å².